The summed E-state index contributed by atoms with van der Waals surface area (Å²) in [6, 6.07) is 3.20. The molecule has 1 N–H and O–H groups in total. The zero-order valence-electron chi connectivity index (χ0n) is 12.6. The summed E-state index contributed by atoms with van der Waals surface area (Å²) >= 11 is 5.72. The fourth-order valence-electron chi connectivity index (χ4n) is 1.65. The van der Waals surface area contributed by atoms with Crippen LogP contribution in [0.2, 0.25) is 5.02 Å². The first kappa shape index (κ1) is 19.1. The van der Waals surface area contributed by atoms with Gasteiger partial charge < -0.3 is 9.84 Å². The number of aromatic carboxylic acids is 1. The molecule has 9 heteroatoms. The third kappa shape index (κ3) is 5.97. The molecule has 128 valence electrons. The van der Waals surface area contributed by atoms with E-state index in [0.29, 0.717) is 0 Å². The summed E-state index contributed by atoms with van der Waals surface area (Å²) in [7, 11) is 0. The van der Waals surface area contributed by atoms with Crippen molar-refractivity contribution in [2.45, 2.75) is 32.5 Å². The van der Waals surface area contributed by atoms with Crippen molar-refractivity contribution >= 4 is 29.4 Å². The Morgan fingerprint density at radius 3 is 2.26 bits per heavy atom. The van der Waals surface area contributed by atoms with E-state index in [-0.39, 0.29) is 9.92 Å². The lowest BCUT2D eigenvalue weighted by Gasteiger charge is -2.29. The van der Waals surface area contributed by atoms with Crippen LogP contribution in [0.5, 0.6) is 0 Å². The SMILES string of the molecule is CC(C)(C)OC(=O)N(CC(F)(F)F)c1cc(Cl)ccc1C(=O)O. The van der Waals surface area contributed by atoms with Crippen molar-refractivity contribution in [3.8, 4) is 0 Å². The van der Waals surface area contributed by atoms with Crippen LogP contribution in [0.25, 0.3) is 0 Å². The number of carbonyl (C=O) groups is 2. The number of anilines is 1. The number of nitrogens with zero attached hydrogens (tertiary/aromatic N) is 1. The summed E-state index contributed by atoms with van der Waals surface area (Å²) in [5, 5.41) is 9.10. The van der Waals surface area contributed by atoms with Crippen LogP contribution in [0.3, 0.4) is 0 Å². The first-order valence-corrected chi connectivity index (χ1v) is 6.78. The summed E-state index contributed by atoms with van der Waals surface area (Å²) < 4.78 is 43.3. The van der Waals surface area contributed by atoms with E-state index < -0.39 is 41.6 Å². The molecule has 1 aromatic carbocycles. The average molecular weight is 354 g/mol. The fraction of sp³-hybridized carbons (Fsp3) is 0.429. The second-order valence-corrected chi connectivity index (χ2v) is 6.08. The number of carbonyl (C=O) groups excluding carboxylic acids is 1. The van der Waals surface area contributed by atoms with Gasteiger partial charge in [-0.05, 0) is 39.0 Å². The number of benzene rings is 1. The molecule has 23 heavy (non-hydrogen) atoms. The molecule has 0 atom stereocenters. The van der Waals surface area contributed by atoms with Gasteiger partial charge >= 0.3 is 18.2 Å². The van der Waals surface area contributed by atoms with Crippen LogP contribution in [0.1, 0.15) is 31.1 Å². The van der Waals surface area contributed by atoms with Gasteiger partial charge in [0.05, 0.1) is 11.3 Å². The number of hydrogen-bond donors (Lipinski definition) is 1. The van der Waals surface area contributed by atoms with Crippen molar-refractivity contribution < 1.29 is 32.6 Å². The van der Waals surface area contributed by atoms with E-state index in [9.17, 15) is 22.8 Å². The van der Waals surface area contributed by atoms with Gasteiger partial charge in [-0.25, -0.2) is 9.59 Å². The molecule has 0 bridgehead atoms. The smallest absolute Gasteiger partial charge is 0.415 e. The molecular weight excluding hydrogens is 339 g/mol. The van der Waals surface area contributed by atoms with E-state index in [1.165, 1.54) is 26.8 Å². The Morgan fingerprint density at radius 2 is 1.83 bits per heavy atom. The highest BCUT2D eigenvalue weighted by atomic mass is 35.5. The molecule has 1 amide bonds. The van der Waals surface area contributed by atoms with Crippen molar-refractivity contribution in [3.63, 3.8) is 0 Å². The quantitative estimate of drug-likeness (QED) is 0.877. The highest BCUT2D eigenvalue weighted by Gasteiger charge is 2.37. The molecular formula is C14H15ClF3NO4. The molecule has 1 aromatic rings. The van der Waals surface area contributed by atoms with Crippen LogP contribution in [-0.4, -0.2) is 35.5 Å². The zero-order valence-corrected chi connectivity index (χ0v) is 13.3. The lowest BCUT2D eigenvalue weighted by Crippen LogP contribution is -2.43. The molecule has 1 rings (SSSR count). The molecule has 0 aliphatic carbocycles. The monoisotopic (exact) mass is 353 g/mol. The Morgan fingerprint density at radius 1 is 1.26 bits per heavy atom. The van der Waals surface area contributed by atoms with Gasteiger partial charge in [-0.2, -0.15) is 13.2 Å². The van der Waals surface area contributed by atoms with E-state index in [4.69, 9.17) is 21.4 Å². The Bertz CT molecular complexity index is 611. The van der Waals surface area contributed by atoms with E-state index in [0.717, 1.165) is 12.1 Å². The number of rotatable bonds is 3. The predicted molar refractivity (Wildman–Crippen MR) is 78.0 cm³/mol. The van der Waals surface area contributed by atoms with Gasteiger partial charge in [0.15, 0.2) is 0 Å². The highest BCUT2D eigenvalue weighted by Crippen LogP contribution is 2.30. The molecule has 0 aliphatic rings. The van der Waals surface area contributed by atoms with E-state index in [1.54, 1.807) is 0 Å². The maximum atomic E-state index is 12.8. The Balaban J connectivity index is 3.37. The van der Waals surface area contributed by atoms with Gasteiger partial charge in [0, 0.05) is 5.02 Å². The minimum Gasteiger partial charge on any atom is -0.478 e. The van der Waals surface area contributed by atoms with Crippen molar-refractivity contribution in [2.75, 3.05) is 11.4 Å². The number of halogens is 4. The summed E-state index contributed by atoms with van der Waals surface area (Å²) in [6.07, 6.45) is -6.07. The number of carboxylic acids is 1. The minimum atomic E-state index is -4.75. The van der Waals surface area contributed by atoms with Crippen LogP contribution in [0, 0.1) is 0 Å². The molecule has 0 heterocycles. The van der Waals surface area contributed by atoms with Gasteiger partial charge in [0.2, 0.25) is 0 Å². The third-order valence-corrected chi connectivity index (χ3v) is 2.67. The third-order valence-electron chi connectivity index (χ3n) is 2.43. The summed E-state index contributed by atoms with van der Waals surface area (Å²) in [4.78, 5) is 23.5. The lowest BCUT2D eigenvalue weighted by atomic mass is 10.1. The largest absolute Gasteiger partial charge is 0.478 e. The second kappa shape index (κ2) is 6.66. The average Bonchev–Trinajstić information content (AvgIpc) is 2.32. The minimum absolute atomic E-state index is 0.0132. The normalized spacial score (nSPS) is 12.0. The summed E-state index contributed by atoms with van der Waals surface area (Å²) in [5.74, 6) is -1.49. The molecule has 0 fully saturated rings. The van der Waals surface area contributed by atoms with Gasteiger partial charge in [0.1, 0.15) is 12.1 Å². The maximum absolute atomic E-state index is 12.8. The molecule has 0 unspecified atom stereocenters. The lowest BCUT2D eigenvalue weighted by molar-refractivity contribution is -0.119. The molecule has 0 saturated heterocycles. The molecule has 0 spiro atoms. The van der Waals surface area contributed by atoms with E-state index in [1.807, 2.05) is 0 Å². The second-order valence-electron chi connectivity index (χ2n) is 5.65. The van der Waals surface area contributed by atoms with Crippen LogP contribution in [0.15, 0.2) is 18.2 Å². The number of alkyl halides is 3. The number of ether oxygens (including phenoxy) is 1. The van der Waals surface area contributed by atoms with Crippen molar-refractivity contribution in [1.29, 1.82) is 0 Å². The standard InChI is InChI=1S/C14H15ClF3NO4/c1-13(2,3)23-12(22)19(7-14(16,17)18)10-6-8(15)4-5-9(10)11(20)21/h4-6H,7H2,1-3H3,(H,20,21). The molecule has 0 radical (unpaired) electrons. The van der Waals surface area contributed by atoms with E-state index >= 15 is 0 Å². The van der Waals surface area contributed by atoms with Gasteiger partial charge in [-0.1, -0.05) is 11.6 Å². The van der Waals surface area contributed by atoms with Gasteiger partial charge in [-0.3, -0.25) is 4.90 Å². The van der Waals surface area contributed by atoms with Crippen molar-refractivity contribution in [1.82, 2.24) is 0 Å². The predicted octanol–water partition coefficient (Wildman–Crippen LogP) is 4.34. The van der Waals surface area contributed by atoms with E-state index in [2.05, 4.69) is 0 Å². The number of carboxylic acid groups (broad SMARTS) is 1. The Kier molecular flexibility index (Phi) is 5.52. The van der Waals surface area contributed by atoms with Crippen LogP contribution < -0.4 is 4.90 Å². The Hall–Kier alpha value is -1.96. The maximum Gasteiger partial charge on any atom is 0.415 e. The first-order valence-electron chi connectivity index (χ1n) is 6.40. The topological polar surface area (TPSA) is 66.8 Å². The summed E-state index contributed by atoms with van der Waals surface area (Å²) in [5.41, 5.74) is -2.04. The first-order chi connectivity index (χ1) is 10.3. The van der Waals surface area contributed by atoms with Gasteiger partial charge in [0.25, 0.3) is 0 Å². The zero-order chi connectivity index (χ0) is 18.0. The fourth-order valence-corrected chi connectivity index (χ4v) is 1.82. The van der Waals surface area contributed by atoms with Crippen molar-refractivity contribution in [3.05, 3.63) is 28.8 Å². The molecule has 0 aromatic heterocycles. The van der Waals surface area contributed by atoms with Crippen LogP contribution >= 0.6 is 11.6 Å². The van der Waals surface area contributed by atoms with Crippen LogP contribution in [-0.2, 0) is 4.74 Å². The van der Waals surface area contributed by atoms with Gasteiger partial charge in [-0.15, -0.1) is 0 Å². The highest BCUT2D eigenvalue weighted by molar-refractivity contribution is 6.31. The summed E-state index contributed by atoms with van der Waals surface area (Å²) in [6.45, 7) is 2.73. The molecule has 0 saturated carbocycles. The molecule has 5 nitrogen and oxygen atoms in total. The van der Waals surface area contributed by atoms with Crippen LogP contribution in [0.4, 0.5) is 23.7 Å². The molecule has 0 aliphatic heterocycles. The number of hydrogen-bond acceptors (Lipinski definition) is 3. The Labute approximate surface area is 135 Å². The number of amides is 1. The van der Waals surface area contributed by atoms with Crippen molar-refractivity contribution in [2.24, 2.45) is 0 Å².